The Balaban J connectivity index is 1.97. The molecule has 4 heteroatoms. The SMILES string of the molecule is CCN1C(=O)C(Cc2cc(OC)ccc2Br)c2ccccc21. The fourth-order valence-corrected chi connectivity index (χ4v) is 3.45. The van der Waals surface area contributed by atoms with E-state index in [0.717, 1.165) is 27.0 Å². The summed E-state index contributed by atoms with van der Waals surface area (Å²) in [6, 6.07) is 13.9. The molecule has 1 atom stereocenters. The predicted molar refractivity (Wildman–Crippen MR) is 91.6 cm³/mol. The van der Waals surface area contributed by atoms with Crippen molar-refractivity contribution in [3.63, 3.8) is 0 Å². The first kappa shape index (κ1) is 15.1. The lowest BCUT2D eigenvalue weighted by molar-refractivity contribution is -0.119. The molecule has 0 N–H and O–H groups in total. The summed E-state index contributed by atoms with van der Waals surface area (Å²) in [5, 5.41) is 0. The number of anilines is 1. The Bertz CT molecular complexity index is 714. The zero-order chi connectivity index (χ0) is 15.7. The van der Waals surface area contributed by atoms with Gasteiger partial charge in [0.25, 0.3) is 0 Å². The second kappa shape index (κ2) is 6.13. The zero-order valence-electron chi connectivity index (χ0n) is 12.7. The van der Waals surface area contributed by atoms with Crippen LogP contribution in [0, 0.1) is 0 Å². The maximum absolute atomic E-state index is 12.7. The minimum absolute atomic E-state index is 0.125. The molecule has 0 aliphatic carbocycles. The van der Waals surface area contributed by atoms with E-state index in [1.807, 2.05) is 48.2 Å². The molecule has 1 heterocycles. The summed E-state index contributed by atoms with van der Waals surface area (Å²) in [4.78, 5) is 14.6. The Labute approximate surface area is 139 Å². The predicted octanol–water partition coefficient (Wildman–Crippen LogP) is 4.15. The third-order valence-corrected chi connectivity index (χ3v) is 4.93. The average molecular weight is 360 g/mol. The van der Waals surface area contributed by atoms with Gasteiger partial charge in [-0.1, -0.05) is 34.1 Å². The van der Waals surface area contributed by atoms with Crippen LogP contribution in [0.5, 0.6) is 5.75 Å². The highest BCUT2D eigenvalue weighted by atomic mass is 79.9. The maximum Gasteiger partial charge on any atom is 0.234 e. The second-order valence-electron chi connectivity index (χ2n) is 5.36. The van der Waals surface area contributed by atoms with Crippen LogP contribution < -0.4 is 9.64 Å². The van der Waals surface area contributed by atoms with E-state index in [9.17, 15) is 4.79 Å². The number of likely N-dealkylation sites (N-methyl/N-ethyl adjacent to an activating group) is 1. The molecule has 3 rings (SSSR count). The van der Waals surface area contributed by atoms with Crippen molar-refractivity contribution in [3.8, 4) is 5.75 Å². The molecule has 0 fully saturated rings. The van der Waals surface area contributed by atoms with Gasteiger partial charge in [0, 0.05) is 16.7 Å². The molecular formula is C18H18BrNO2. The van der Waals surface area contributed by atoms with Gasteiger partial charge in [-0.25, -0.2) is 0 Å². The third-order valence-electron chi connectivity index (χ3n) is 4.16. The zero-order valence-corrected chi connectivity index (χ0v) is 14.3. The van der Waals surface area contributed by atoms with Crippen molar-refractivity contribution in [2.45, 2.75) is 19.3 Å². The number of benzene rings is 2. The number of fused-ring (bicyclic) bond motifs is 1. The van der Waals surface area contributed by atoms with Crippen LogP contribution in [0.1, 0.15) is 24.0 Å². The number of hydrogen-bond acceptors (Lipinski definition) is 2. The standard InChI is InChI=1S/C18H18BrNO2/c1-3-20-17-7-5-4-6-14(17)15(18(20)21)11-12-10-13(22-2)8-9-16(12)19/h4-10,15H,3,11H2,1-2H3. The highest BCUT2D eigenvalue weighted by Crippen LogP contribution is 2.40. The van der Waals surface area contributed by atoms with E-state index in [1.165, 1.54) is 0 Å². The van der Waals surface area contributed by atoms with Crippen LogP contribution in [-0.4, -0.2) is 19.6 Å². The van der Waals surface area contributed by atoms with Crippen molar-refractivity contribution < 1.29 is 9.53 Å². The quantitative estimate of drug-likeness (QED) is 0.820. The van der Waals surface area contributed by atoms with Crippen molar-refractivity contribution >= 4 is 27.5 Å². The molecule has 1 unspecified atom stereocenters. The molecule has 0 saturated carbocycles. The molecule has 0 bridgehead atoms. The van der Waals surface area contributed by atoms with Gasteiger partial charge in [0.15, 0.2) is 0 Å². The van der Waals surface area contributed by atoms with E-state index in [1.54, 1.807) is 7.11 Å². The first-order valence-corrected chi connectivity index (χ1v) is 8.17. The number of hydrogen-bond donors (Lipinski definition) is 0. The summed E-state index contributed by atoms with van der Waals surface area (Å²) < 4.78 is 6.30. The Morgan fingerprint density at radius 3 is 2.73 bits per heavy atom. The molecule has 3 nitrogen and oxygen atoms in total. The molecule has 1 aliphatic rings. The molecule has 0 spiro atoms. The molecule has 1 amide bonds. The van der Waals surface area contributed by atoms with Crippen LogP contribution in [0.25, 0.3) is 0 Å². The fourth-order valence-electron chi connectivity index (χ4n) is 3.05. The molecule has 0 radical (unpaired) electrons. The van der Waals surface area contributed by atoms with Crippen molar-refractivity contribution in [1.82, 2.24) is 0 Å². The number of methoxy groups -OCH3 is 1. The van der Waals surface area contributed by atoms with Crippen LogP contribution in [0.4, 0.5) is 5.69 Å². The summed E-state index contributed by atoms with van der Waals surface area (Å²) >= 11 is 3.58. The first-order valence-electron chi connectivity index (χ1n) is 7.38. The number of halogens is 1. The number of carbonyl (C=O) groups is 1. The van der Waals surface area contributed by atoms with Gasteiger partial charge in [0.05, 0.1) is 13.0 Å². The molecule has 0 aromatic heterocycles. The third kappa shape index (κ3) is 2.52. The highest BCUT2D eigenvalue weighted by Gasteiger charge is 2.36. The number of carbonyl (C=O) groups excluding carboxylic acids is 1. The number of nitrogens with zero attached hydrogens (tertiary/aromatic N) is 1. The van der Waals surface area contributed by atoms with Crippen LogP contribution in [0.3, 0.4) is 0 Å². The van der Waals surface area contributed by atoms with E-state index >= 15 is 0 Å². The lowest BCUT2D eigenvalue weighted by atomic mass is 9.93. The lowest BCUT2D eigenvalue weighted by Gasteiger charge is -2.15. The number of ether oxygens (including phenoxy) is 1. The normalized spacial score (nSPS) is 16.8. The molecule has 22 heavy (non-hydrogen) atoms. The summed E-state index contributed by atoms with van der Waals surface area (Å²) in [6.07, 6.45) is 0.671. The molecule has 2 aromatic rings. The Hall–Kier alpha value is -1.81. The molecular weight excluding hydrogens is 342 g/mol. The molecule has 1 aliphatic heterocycles. The van der Waals surface area contributed by atoms with Crippen LogP contribution in [0.15, 0.2) is 46.9 Å². The number of para-hydroxylation sites is 1. The number of amides is 1. The summed E-state index contributed by atoms with van der Waals surface area (Å²) in [7, 11) is 1.65. The van der Waals surface area contributed by atoms with Gasteiger partial charge in [-0.2, -0.15) is 0 Å². The van der Waals surface area contributed by atoms with E-state index in [4.69, 9.17) is 4.74 Å². The largest absolute Gasteiger partial charge is 0.497 e. The first-order chi connectivity index (χ1) is 10.7. The second-order valence-corrected chi connectivity index (χ2v) is 6.21. The van der Waals surface area contributed by atoms with Gasteiger partial charge in [0.1, 0.15) is 5.75 Å². The van der Waals surface area contributed by atoms with Gasteiger partial charge >= 0.3 is 0 Å². The summed E-state index contributed by atoms with van der Waals surface area (Å²) in [5.41, 5.74) is 3.24. The lowest BCUT2D eigenvalue weighted by Crippen LogP contribution is -2.29. The highest BCUT2D eigenvalue weighted by molar-refractivity contribution is 9.10. The summed E-state index contributed by atoms with van der Waals surface area (Å²) in [5.74, 6) is 0.863. The maximum atomic E-state index is 12.7. The van der Waals surface area contributed by atoms with Crippen molar-refractivity contribution in [3.05, 3.63) is 58.1 Å². The van der Waals surface area contributed by atoms with Gasteiger partial charge in [-0.3, -0.25) is 4.79 Å². The minimum atomic E-state index is -0.125. The van der Waals surface area contributed by atoms with E-state index < -0.39 is 0 Å². The smallest absolute Gasteiger partial charge is 0.234 e. The molecule has 114 valence electrons. The Morgan fingerprint density at radius 1 is 1.23 bits per heavy atom. The molecule has 2 aromatic carbocycles. The summed E-state index contributed by atoms with van der Waals surface area (Å²) in [6.45, 7) is 2.71. The van der Waals surface area contributed by atoms with Gasteiger partial charge in [-0.15, -0.1) is 0 Å². The Morgan fingerprint density at radius 2 is 2.00 bits per heavy atom. The van der Waals surface area contributed by atoms with Gasteiger partial charge < -0.3 is 9.64 Å². The van der Waals surface area contributed by atoms with Crippen molar-refractivity contribution in [1.29, 1.82) is 0 Å². The average Bonchev–Trinajstić information content (AvgIpc) is 2.81. The van der Waals surface area contributed by atoms with Crippen LogP contribution in [-0.2, 0) is 11.2 Å². The van der Waals surface area contributed by atoms with E-state index in [-0.39, 0.29) is 11.8 Å². The Kier molecular flexibility index (Phi) is 4.21. The fraction of sp³-hybridized carbons (Fsp3) is 0.278. The van der Waals surface area contributed by atoms with Crippen molar-refractivity contribution in [2.24, 2.45) is 0 Å². The van der Waals surface area contributed by atoms with Gasteiger partial charge in [0.2, 0.25) is 5.91 Å². The monoisotopic (exact) mass is 359 g/mol. The molecule has 0 saturated heterocycles. The van der Waals surface area contributed by atoms with E-state index in [0.29, 0.717) is 13.0 Å². The topological polar surface area (TPSA) is 29.5 Å². The van der Waals surface area contributed by atoms with Crippen molar-refractivity contribution in [2.75, 3.05) is 18.6 Å². The minimum Gasteiger partial charge on any atom is -0.497 e. The van der Waals surface area contributed by atoms with Gasteiger partial charge in [-0.05, 0) is 48.7 Å². The van der Waals surface area contributed by atoms with Crippen LogP contribution >= 0.6 is 15.9 Å². The number of rotatable bonds is 4. The van der Waals surface area contributed by atoms with E-state index in [2.05, 4.69) is 22.0 Å². The van der Waals surface area contributed by atoms with Crippen LogP contribution in [0.2, 0.25) is 0 Å².